The Kier molecular flexibility index (Phi) is 2.67. The molecule has 1 heteroatoms. The van der Waals surface area contributed by atoms with Crippen LogP contribution in [0.2, 0.25) is 0 Å². The van der Waals surface area contributed by atoms with E-state index in [-0.39, 0.29) is 0 Å². The van der Waals surface area contributed by atoms with Gasteiger partial charge in [-0.05, 0) is 31.3 Å². The van der Waals surface area contributed by atoms with Gasteiger partial charge in [0.1, 0.15) is 7.85 Å². The average Bonchev–Trinajstić information content (AvgIpc) is 1.91. The Morgan fingerprint density at radius 1 is 1.22 bits per heavy atom. The smallest absolute Gasteiger partial charge is 0.114 e. The van der Waals surface area contributed by atoms with Crippen LogP contribution in [0.3, 0.4) is 0 Å². The highest BCUT2D eigenvalue weighted by molar-refractivity contribution is 6.16. The normalized spacial score (nSPS) is 18.9. The fraction of sp³-hybridized carbons (Fsp3) is 0.625. The second kappa shape index (κ2) is 3.58. The van der Waals surface area contributed by atoms with Gasteiger partial charge in [-0.15, -0.1) is 5.73 Å². The number of hydrogen-bond acceptors (Lipinski definition) is 0. The summed E-state index contributed by atoms with van der Waals surface area (Å²) in [7, 11) is 5.20. The molecule has 1 rings (SSSR count). The topological polar surface area (TPSA) is 0 Å². The van der Waals surface area contributed by atoms with Gasteiger partial charge >= 0.3 is 0 Å². The van der Waals surface area contributed by atoms with Crippen molar-refractivity contribution in [3.8, 4) is 0 Å². The van der Waals surface area contributed by atoms with Gasteiger partial charge in [0.2, 0.25) is 0 Å². The maximum Gasteiger partial charge on any atom is 0.114 e. The van der Waals surface area contributed by atoms with Crippen molar-refractivity contribution < 1.29 is 0 Å². The molecule has 0 saturated heterocycles. The highest BCUT2D eigenvalue weighted by Crippen LogP contribution is 2.21. The molecule has 1 aliphatic rings. The molecular weight excluding hydrogens is 107 g/mol. The lowest BCUT2D eigenvalue weighted by Crippen LogP contribution is -1.91. The monoisotopic (exact) mass is 118 g/mol. The number of hydrogen-bond donors (Lipinski definition) is 0. The Morgan fingerprint density at radius 2 is 1.89 bits per heavy atom. The lowest BCUT2D eigenvalue weighted by molar-refractivity contribution is 0.600. The van der Waals surface area contributed by atoms with Gasteiger partial charge in [0.25, 0.3) is 0 Å². The van der Waals surface area contributed by atoms with E-state index in [0.717, 1.165) is 0 Å². The van der Waals surface area contributed by atoms with Gasteiger partial charge in [-0.2, -0.15) is 0 Å². The van der Waals surface area contributed by atoms with E-state index in [4.69, 9.17) is 7.85 Å². The Balaban J connectivity index is 2.49. The van der Waals surface area contributed by atoms with Crippen molar-refractivity contribution in [2.45, 2.75) is 32.1 Å². The van der Waals surface area contributed by atoms with Crippen LogP contribution in [0.1, 0.15) is 32.1 Å². The minimum absolute atomic E-state index is 1.22. The van der Waals surface area contributed by atoms with Gasteiger partial charge in [0, 0.05) is 0 Å². The largest absolute Gasteiger partial charge is 0.137 e. The van der Waals surface area contributed by atoms with Crippen LogP contribution in [0.15, 0.2) is 17.3 Å². The Labute approximate surface area is 58.1 Å². The molecule has 0 unspecified atom stereocenters. The van der Waals surface area contributed by atoms with Crippen LogP contribution in [0.5, 0.6) is 0 Å². The van der Waals surface area contributed by atoms with Gasteiger partial charge < -0.3 is 0 Å². The van der Waals surface area contributed by atoms with E-state index < -0.39 is 0 Å². The van der Waals surface area contributed by atoms with Gasteiger partial charge in [-0.3, -0.25) is 0 Å². The van der Waals surface area contributed by atoms with E-state index >= 15 is 0 Å². The van der Waals surface area contributed by atoms with Gasteiger partial charge in [-0.1, -0.05) is 12.4 Å². The zero-order chi connectivity index (χ0) is 6.53. The highest BCUT2D eigenvalue weighted by atomic mass is 14.1. The molecule has 1 fully saturated rings. The summed E-state index contributed by atoms with van der Waals surface area (Å²) in [6.07, 6.45) is 6.48. The zero-order valence-corrected chi connectivity index (χ0v) is 5.69. The third-order valence-corrected chi connectivity index (χ3v) is 1.74. The minimum Gasteiger partial charge on any atom is -0.137 e. The third kappa shape index (κ3) is 2.11. The average molecular weight is 118 g/mol. The summed E-state index contributed by atoms with van der Waals surface area (Å²) in [6.45, 7) is 0. The molecule has 1 aliphatic carbocycles. The predicted octanol–water partition coefficient (Wildman–Crippen LogP) is 2.16. The SMILES string of the molecule is [B]C=C=C1CCCCC1. The summed E-state index contributed by atoms with van der Waals surface area (Å²) < 4.78 is 0. The van der Waals surface area contributed by atoms with E-state index in [1.54, 1.807) is 0 Å². The van der Waals surface area contributed by atoms with Gasteiger partial charge in [-0.25, -0.2) is 0 Å². The van der Waals surface area contributed by atoms with E-state index in [1.807, 2.05) is 0 Å². The predicted molar refractivity (Wildman–Crippen MR) is 40.4 cm³/mol. The van der Waals surface area contributed by atoms with Crippen molar-refractivity contribution in [2.24, 2.45) is 0 Å². The van der Waals surface area contributed by atoms with E-state index in [0.29, 0.717) is 0 Å². The molecule has 1 saturated carbocycles. The quantitative estimate of drug-likeness (QED) is 0.337. The summed E-state index contributed by atoms with van der Waals surface area (Å²) in [6, 6.07) is 0. The zero-order valence-electron chi connectivity index (χ0n) is 5.69. The van der Waals surface area contributed by atoms with E-state index in [2.05, 4.69) is 5.73 Å². The number of rotatable bonds is 0. The molecule has 0 nitrogen and oxygen atoms in total. The van der Waals surface area contributed by atoms with Gasteiger partial charge in [0.15, 0.2) is 0 Å². The number of allylic oxidation sites excluding steroid dienone is 1. The van der Waals surface area contributed by atoms with Crippen molar-refractivity contribution in [1.29, 1.82) is 0 Å². The molecule has 0 aromatic heterocycles. The molecule has 0 atom stereocenters. The van der Waals surface area contributed by atoms with Crippen LogP contribution >= 0.6 is 0 Å². The molecule has 2 radical (unpaired) electrons. The summed E-state index contributed by atoms with van der Waals surface area (Å²) in [4.78, 5) is 0. The molecular formula is C8H11B. The first kappa shape index (κ1) is 6.70. The van der Waals surface area contributed by atoms with Crippen molar-refractivity contribution in [3.05, 3.63) is 17.3 Å². The first-order chi connectivity index (χ1) is 4.43. The second-order valence-corrected chi connectivity index (χ2v) is 2.48. The van der Waals surface area contributed by atoms with Crippen LogP contribution < -0.4 is 0 Å². The van der Waals surface area contributed by atoms with Crippen molar-refractivity contribution >= 4 is 7.85 Å². The van der Waals surface area contributed by atoms with Crippen LogP contribution in [-0.2, 0) is 0 Å². The van der Waals surface area contributed by atoms with E-state index in [1.165, 1.54) is 43.7 Å². The standard InChI is InChI=1S/C8H11B/c9-7-6-8-4-2-1-3-5-8/h7H,1-5H2. The first-order valence-corrected chi connectivity index (χ1v) is 3.58. The summed E-state index contributed by atoms with van der Waals surface area (Å²) in [5, 5.41) is 0. The molecule has 0 aliphatic heterocycles. The molecule has 0 amide bonds. The second-order valence-electron chi connectivity index (χ2n) is 2.48. The molecule has 0 N–H and O–H groups in total. The Bertz CT molecular complexity index is 133. The maximum absolute atomic E-state index is 5.20. The van der Waals surface area contributed by atoms with Crippen LogP contribution in [-0.4, -0.2) is 7.85 Å². The van der Waals surface area contributed by atoms with Crippen molar-refractivity contribution in [1.82, 2.24) is 0 Å². The molecule has 0 aromatic rings. The van der Waals surface area contributed by atoms with Crippen LogP contribution in [0, 0.1) is 0 Å². The third-order valence-electron chi connectivity index (χ3n) is 1.74. The lowest BCUT2D eigenvalue weighted by Gasteiger charge is -2.09. The first-order valence-electron chi connectivity index (χ1n) is 3.58. The summed E-state index contributed by atoms with van der Waals surface area (Å²) in [5.74, 6) is 1.53. The minimum atomic E-state index is 1.22. The van der Waals surface area contributed by atoms with Crippen LogP contribution in [0.4, 0.5) is 0 Å². The molecule has 0 heterocycles. The molecule has 0 spiro atoms. The summed E-state index contributed by atoms with van der Waals surface area (Å²) in [5.41, 5.74) is 4.46. The van der Waals surface area contributed by atoms with Crippen molar-refractivity contribution in [2.75, 3.05) is 0 Å². The lowest BCUT2D eigenvalue weighted by atomic mass is 9.95. The summed E-state index contributed by atoms with van der Waals surface area (Å²) >= 11 is 0. The molecule has 9 heavy (non-hydrogen) atoms. The fourth-order valence-electron chi connectivity index (χ4n) is 1.24. The fourth-order valence-corrected chi connectivity index (χ4v) is 1.24. The van der Waals surface area contributed by atoms with Crippen LogP contribution in [0.25, 0.3) is 0 Å². The molecule has 46 valence electrons. The highest BCUT2D eigenvalue weighted by Gasteiger charge is 2.02. The molecule has 0 aromatic carbocycles. The Hall–Kier alpha value is -0.415. The molecule has 0 bridgehead atoms. The van der Waals surface area contributed by atoms with Gasteiger partial charge in [0.05, 0.1) is 0 Å². The maximum atomic E-state index is 5.20. The van der Waals surface area contributed by atoms with Crippen molar-refractivity contribution in [3.63, 3.8) is 0 Å². The Morgan fingerprint density at radius 3 is 2.44 bits per heavy atom. The van der Waals surface area contributed by atoms with E-state index in [9.17, 15) is 0 Å².